The third-order valence-electron chi connectivity index (χ3n) is 2.17. The molecule has 0 aliphatic carbocycles. The van der Waals surface area contributed by atoms with E-state index in [1.807, 2.05) is 0 Å². The molecule has 82 valence electrons. The monoisotopic (exact) mass is 225 g/mol. The highest BCUT2D eigenvalue weighted by Gasteiger charge is 2.22. The Bertz CT molecular complexity index is 648. The lowest BCUT2D eigenvalue weighted by molar-refractivity contribution is 0.0666. The van der Waals surface area contributed by atoms with E-state index in [4.69, 9.17) is 5.11 Å². The van der Waals surface area contributed by atoms with Gasteiger partial charge in [0.2, 0.25) is 11.2 Å². The molecule has 1 aromatic heterocycles. The minimum Gasteiger partial charge on any atom is -0.476 e. The third kappa shape index (κ3) is 1.27. The van der Waals surface area contributed by atoms with E-state index in [9.17, 15) is 18.5 Å². The zero-order valence-electron chi connectivity index (χ0n) is 7.78. The SMILES string of the molecule is O=C(O)c1c(F)c(=O)c2ccccc2n1F. The molecule has 1 aromatic carbocycles. The second-order valence-corrected chi connectivity index (χ2v) is 3.09. The smallest absolute Gasteiger partial charge is 0.358 e. The molecule has 0 saturated heterocycles. The Morgan fingerprint density at radius 3 is 2.56 bits per heavy atom. The minimum absolute atomic E-state index is 0.201. The van der Waals surface area contributed by atoms with Crippen molar-refractivity contribution >= 4 is 16.9 Å². The molecule has 16 heavy (non-hydrogen) atoms. The summed E-state index contributed by atoms with van der Waals surface area (Å²) in [6, 6.07) is 5.27. The van der Waals surface area contributed by atoms with Crippen LogP contribution in [0, 0.1) is 5.82 Å². The van der Waals surface area contributed by atoms with E-state index in [1.54, 1.807) is 0 Å². The molecular formula is C10H5F2NO3. The van der Waals surface area contributed by atoms with E-state index in [-0.39, 0.29) is 15.7 Å². The summed E-state index contributed by atoms with van der Waals surface area (Å²) in [7, 11) is 0. The summed E-state index contributed by atoms with van der Waals surface area (Å²) >= 11 is 0. The number of carbonyl (C=O) groups is 1. The molecule has 2 rings (SSSR count). The van der Waals surface area contributed by atoms with Crippen LogP contribution in [0.25, 0.3) is 10.9 Å². The molecule has 6 heteroatoms. The van der Waals surface area contributed by atoms with Crippen molar-refractivity contribution < 1.29 is 18.8 Å². The lowest BCUT2D eigenvalue weighted by Crippen LogP contribution is -2.19. The number of carboxylic acid groups (broad SMARTS) is 1. The van der Waals surface area contributed by atoms with E-state index >= 15 is 0 Å². The van der Waals surface area contributed by atoms with Crippen LogP contribution in [-0.4, -0.2) is 15.9 Å². The van der Waals surface area contributed by atoms with Crippen molar-refractivity contribution in [3.05, 3.63) is 46.0 Å². The molecule has 4 nitrogen and oxygen atoms in total. The van der Waals surface area contributed by atoms with Gasteiger partial charge in [0.25, 0.3) is 0 Å². The Morgan fingerprint density at radius 2 is 1.94 bits per heavy atom. The van der Waals surface area contributed by atoms with Crippen molar-refractivity contribution in [2.45, 2.75) is 0 Å². The molecule has 0 fully saturated rings. The number of aromatic carboxylic acids is 1. The number of hydrogen-bond acceptors (Lipinski definition) is 2. The van der Waals surface area contributed by atoms with Gasteiger partial charge in [0.15, 0.2) is 5.69 Å². The maximum absolute atomic E-state index is 13.5. The molecule has 0 aliphatic heterocycles. The van der Waals surface area contributed by atoms with E-state index in [2.05, 4.69) is 0 Å². The van der Waals surface area contributed by atoms with Crippen LogP contribution >= 0.6 is 0 Å². The molecule has 0 saturated carbocycles. The topological polar surface area (TPSA) is 59.3 Å². The summed E-state index contributed by atoms with van der Waals surface area (Å²) in [6.45, 7) is 0. The molecule has 0 atom stereocenters. The zero-order valence-corrected chi connectivity index (χ0v) is 7.78. The molecule has 0 aliphatic rings. The van der Waals surface area contributed by atoms with Crippen LogP contribution in [0.2, 0.25) is 0 Å². The van der Waals surface area contributed by atoms with Gasteiger partial charge in [-0.25, -0.2) is 4.79 Å². The van der Waals surface area contributed by atoms with Gasteiger partial charge in [0.05, 0.1) is 10.9 Å². The van der Waals surface area contributed by atoms with Crippen molar-refractivity contribution in [3.63, 3.8) is 0 Å². The molecule has 1 N–H and O–H groups in total. The van der Waals surface area contributed by atoms with Crippen LogP contribution in [0.3, 0.4) is 0 Å². The number of benzene rings is 1. The molecule has 0 bridgehead atoms. The van der Waals surface area contributed by atoms with Gasteiger partial charge in [-0.2, -0.15) is 9.18 Å². The van der Waals surface area contributed by atoms with Crippen LogP contribution < -0.4 is 5.43 Å². The summed E-state index contributed by atoms with van der Waals surface area (Å²) < 4.78 is 26.8. The molecule has 0 unspecified atom stereocenters. The summed E-state index contributed by atoms with van der Waals surface area (Å²) in [6.07, 6.45) is 0. The fraction of sp³-hybridized carbons (Fsp3) is 0. The lowest BCUT2D eigenvalue weighted by Gasteiger charge is -2.05. The summed E-state index contributed by atoms with van der Waals surface area (Å²) in [5.41, 5.74) is -2.68. The van der Waals surface area contributed by atoms with Gasteiger partial charge in [-0.1, -0.05) is 16.6 Å². The summed E-state index contributed by atoms with van der Waals surface area (Å²) in [5, 5.41) is 8.39. The molecule has 1 heterocycles. The fourth-order valence-corrected chi connectivity index (χ4v) is 1.45. The molecule has 2 aromatic rings. The van der Waals surface area contributed by atoms with Crippen molar-refractivity contribution in [2.75, 3.05) is 0 Å². The van der Waals surface area contributed by atoms with Gasteiger partial charge in [0.1, 0.15) is 0 Å². The minimum atomic E-state index is -1.83. The highest BCUT2D eigenvalue weighted by molar-refractivity contribution is 5.90. The van der Waals surface area contributed by atoms with Crippen molar-refractivity contribution in [2.24, 2.45) is 0 Å². The predicted octanol–water partition coefficient (Wildman–Crippen LogP) is 1.57. The fourth-order valence-electron chi connectivity index (χ4n) is 1.45. The normalized spacial score (nSPS) is 10.6. The van der Waals surface area contributed by atoms with Gasteiger partial charge < -0.3 is 5.11 Å². The summed E-state index contributed by atoms with van der Waals surface area (Å²) in [5.74, 6) is -3.43. The maximum Gasteiger partial charge on any atom is 0.358 e. The Labute approximate surface area is 87.3 Å². The van der Waals surface area contributed by atoms with E-state index < -0.39 is 22.9 Å². The quantitative estimate of drug-likeness (QED) is 0.801. The Balaban J connectivity index is 3.07. The van der Waals surface area contributed by atoms with Crippen molar-refractivity contribution in [1.29, 1.82) is 0 Å². The predicted molar refractivity (Wildman–Crippen MR) is 51.6 cm³/mol. The second-order valence-electron chi connectivity index (χ2n) is 3.09. The standard InChI is InChI=1S/C10H5F2NO3/c11-7-8(10(15)16)13(12)6-4-2-1-3-5(6)9(7)14/h1-4H,(H,15,16). The first-order valence-electron chi connectivity index (χ1n) is 4.26. The van der Waals surface area contributed by atoms with Gasteiger partial charge in [0, 0.05) is 0 Å². The number of pyridine rings is 1. The Kier molecular flexibility index (Phi) is 2.19. The first kappa shape index (κ1) is 10.3. The average Bonchev–Trinajstić information content (AvgIpc) is 2.26. The lowest BCUT2D eigenvalue weighted by atomic mass is 10.2. The number of aromatic nitrogens is 1. The van der Waals surface area contributed by atoms with Crippen LogP contribution in [0.5, 0.6) is 0 Å². The largest absolute Gasteiger partial charge is 0.476 e. The maximum atomic E-state index is 13.5. The van der Waals surface area contributed by atoms with Crippen LogP contribution in [-0.2, 0) is 0 Å². The molecule has 0 amide bonds. The van der Waals surface area contributed by atoms with E-state index in [0.717, 1.165) is 0 Å². The highest BCUT2D eigenvalue weighted by atomic mass is 19.2. The Morgan fingerprint density at radius 1 is 1.31 bits per heavy atom. The number of halogens is 2. The van der Waals surface area contributed by atoms with Crippen LogP contribution in [0.1, 0.15) is 10.5 Å². The van der Waals surface area contributed by atoms with Crippen LogP contribution in [0.4, 0.5) is 8.87 Å². The molecular weight excluding hydrogens is 220 g/mol. The van der Waals surface area contributed by atoms with Gasteiger partial charge in [-0.3, -0.25) is 4.79 Å². The number of rotatable bonds is 1. The molecule has 0 spiro atoms. The van der Waals surface area contributed by atoms with Crippen molar-refractivity contribution in [1.82, 2.24) is 4.79 Å². The highest BCUT2D eigenvalue weighted by Crippen LogP contribution is 2.15. The van der Waals surface area contributed by atoms with Gasteiger partial charge in [-0.05, 0) is 12.1 Å². The first-order chi connectivity index (χ1) is 7.54. The van der Waals surface area contributed by atoms with Gasteiger partial charge in [-0.15, -0.1) is 0 Å². The van der Waals surface area contributed by atoms with E-state index in [0.29, 0.717) is 0 Å². The number of carboxylic acids is 1. The zero-order chi connectivity index (χ0) is 11.9. The number of fused-ring (bicyclic) bond motifs is 1. The number of para-hydroxylation sites is 1. The van der Waals surface area contributed by atoms with E-state index in [1.165, 1.54) is 24.3 Å². The molecule has 0 radical (unpaired) electrons. The third-order valence-corrected chi connectivity index (χ3v) is 2.17. The van der Waals surface area contributed by atoms with Crippen LogP contribution in [0.15, 0.2) is 29.1 Å². The Hall–Kier alpha value is -2.24. The van der Waals surface area contributed by atoms with Gasteiger partial charge >= 0.3 is 5.97 Å². The number of nitrogens with zero attached hydrogens (tertiary/aromatic N) is 1. The van der Waals surface area contributed by atoms with Crippen molar-refractivity contribution in [3.8, 4) is 0 Å². The second kappa shape index (κ2) is 3.41. The number of hydrogen-bond donors (Lipinski definition) is 1. The summed E-state index contributed by atoms with van der Waals surface area (Å²) in [4.78, 5) is 21.6. The first-order valence-corrected chi connectivity index (χ1v) is 4.26. The average molecular weight is 225 g/mol.